The van der Waals surface area contributed by atoms with Crippen molar-refractivity contribution in [2.75, 3.05) is 4.90 Å². The van der Waals surface area contributed by atoms with Gasteiger partial charge in [-0.2, -0.15) is 0 Å². The lowest BCUT2D eigenvalue weighted by Crippen LogP contribution is -2.28. The van der Waals surface area contributed by atoms with Crippen LogP contribution in [0.3, 0.4) is 0 Å². The van der Waals surface area contributed by atoms with Gasteiger partial charge in [-0.15, -0.1) is 6.42 Å². The van der Waals surface area contributed by atoms with Crippen molar-refractivity contribution in [3.05, 3.63) is 183 Å². The van der Waals surface area contributed by atoms with Crippen LogP contribution >= 0.6 is 0 Å². The van der Waals surface area contributed by atoms with Crippen molar-refractivity contribution >= 4 is 5.69 Å². The van der Waals surface area contributed by atoms with Crippen LogP contribution in [0.4, 0.5) is 5.69 Å². The summed E-state index contributed by atoms with van der Waals surface area (Å²) < 4.78 is 6.39. The smallest absolute Gasteiger partial charge is 0.146 e. The minimum Gasteiger partial charge on any atom is -0.458 e. The van der Waals surface area contributed by atoms with Gasteiger partial charge in [0.25, 0.3) is 0 Å². The molecule has 2 unspecified atom stereocenters. The van der Waals surface area contributed by atoms with Crippen LogP contribution in [-0.4, -0.2) is 4.90 Å². The lowest BCUT2D eigenvalue weighted by Gasteiger charge is -2.37. The molecule has 4 rings (SSSR count). The van der Waals surface area contributed by atoms with Gasteiger partial charge in [-0.05, 0) is 128 Å². The van der Waals surface area contributed by atoms with E-state index in [0.717, 1.165) is 60.6 Å². The maximum atomic E-state index is 6.39. The molecule has 2 heterocycles. The molecule has 0 amide bonds. The molecule has 0 aromatic heterocycles. The first kappa shape index (κ1) is 41.6. The highest BCUT2D eigenvalue weighted by Gasteiger charge is 2.33. The molecule has 54 heavy (non-hydrogen) atoms. The second-order valence-electron chi connectivity index (χ2n) is 14.7. The van der Waals surface area contributed by atoms with Crippen molar-refractivity contribution in [3.63, 3.8) is 0 Å². The highest BCUT2D eigenvalue weighted by Crippen LogP contribution is 2.45. The van der Waals surface area contributed by atoms with Gasteiger partial charge in [-0.25, -0.2) is 0 Å². The van der Waals surface area contributed by atoms with Gasteiger partial charge < -0.3 is 14.5 Å². The molecule has 2 atom stereocenters. The fourth-order valence-corrected chi connectivity index (χ4v) is 7.21. The van der Waals surface area contributed by atoms with Crippen molar-refractivity contribution in [2.45, 2.75) is 101 Å². The van der Waals surface area contributed by atoms with E-state index in [-0.39, 0.29) is 11.8 Å². The third-order valence-corrected chi connectivity index (χ3v) is 9.94. The largest absolute Gasteiger partial charge is 0.458 e. The SMILES string of the molecule is C#CC(C)/C=C(\C=C/C=C)C(/C=C(C)C)=C1/CC(/C=C(/C)CC)=C(CC2C=C(N3C(/C=C\C)=C(C)OC(/C=C\C)=C3CC)C=CC2)N1c1ccc(C)cc1. The Morgan fingerprint density at radius 2 is 1.76 bits per heavy atom. The Balaban J connectivity index is 1.99. The van der Waals surface area contributed by atoms with Crippen molar-refractivity contribution in [1.29, 1.82) is 0 Å². The number of hydrogen-bond acceptors (Lipinski definition) is 3. The molecule has 2 aliphatic heterocycles. The second kappa shape index (κ2) is 19.8. The molecule has 3 aliphatic rings. The van der Waals surface area contributed by atoms with Gasteiger partial charge in [0.15, 0.2) is 0 Å². The summed E-state index contributed by atoms with van der Waals surface area (Å²) in [4.78, 5) is 4.96. The molecule has 0 bridgehead atoms. The van der Waals surface area contributed by atoms with Gasteiger partial charge in [0, 0.05) is 40.7 Å². The minimum atomic E-state index is -0.0303. The maximum absolute atomic E-state index is 6.39. The molecule has 3 nitrogen and oxygen atoms in total. The molecule has 3 heteroatoms. The van der Waals surface area contributed by atoms with Crippen LogP contribution in [0.2, 0.25) is 0 Å². The summed E-state index contributed by atoms with van der Waals surface area (Å²) in [6, 6.07) is 9.00. The monoisotopic (exact) mass is 718 g/mol. The number of ether oxygens (including phenoxy) is 1. The number of hydrogen-bond donors (Lipinski definition) is 0. The number of nitrogens with zero attached hydrogens (tertiary/aromatic N) is 2. The number of benzene rings is 1. The van der Waals surface area contributed by atoms with E-state index in [1.165, 1.54) is 50.6 Å². The molecular weight excluding hydrogens is 657 g/mol. The van der Waals surface area contributed by atoms with E-state index in [4.69, 9.17) is 11.2 Å². The Hall–Kier alpha value is -5.20. The van der Waals surface area contributed by atoms with Crippen molar-refractivity contribution in [1.82, 2.24) is 4.90 Å². The first-order valence-electron chi connectivity index (χ1n) is 19.7. The van der Waals surface area contributed by atoms with E-state index in [2.05, 4.69) is 176 Å². The highest BCUT2D eigenvalue weighted by molar-refractivity contribution is 5.70. The van der Waals surface area contributed by atoms with Crippen LogP contribution < -0.4 is 4.90 Å². The molecular formula is C51H62N2O. The summed E-state index contributed by atoms with van der Waals surface area (Å²) in [5.41, 5.74) is 14.7. The molecule has 0 radical (unpaired) electrons. The Bertz CT molecular complexity index is 1980. The minimum absolute atomic E-state index is 0.0303. The average Bonchev–Trinajstić information content (AvgIpc) is 3.49. The predicted molar refractivity (Wildman–Crippen MR) is 234 cm³/mol. The third kappa shape index (κ3) is 10.1. The van der Waals surface area contributed by atoms with Crippen LogP contribution in [0.1, 0.15) is 100.0 Å². The fraction of sp³-hybridized carbons (Fsp3) is 0.333. The number of terminal acetylenes is 1. The summed E-state index contributed by atoms with van der Waals surface area (Å²) in [5.74, 6) is 4.99. The number of rotatable bonds is 14. The first-order valence-corrected chi connectivity index (χ1v) is 19.7. The average molecular weight is 719 g/mol. The van der Waals surface area contributed by atoms with Gasteiger partial charge in [-0.3, -0.25) is 0 Å². The Morgan fingerprint density at radius 1 is 1.04 bits per heavy atom. The third-order valence-electron chi connectivity index (χ3n) is 9.94. The van der Waals surface area contributed by atoms with Gasteiger partial charge in [-0.1, -0.05) is 116 Å². The molecule has 0 saturated carbocycles. The summed E-state index contributed by atoms with van der Waals surface area (Å²) in [5, 5.41) is 0. The summed E-state index contributed by atoms with van der Waals surface area (Å²) in [6.45, 7) is 25.5. The molecule has 1 aromatic rings. The Morgan fingerprint density at radius 3 is 2.37 bits per heavy atom. The maximum Gasteiger partial charge on any atom is 0.146 e. The molecule has 0 saturated heterocycles. The molecule has 1 aromatic carbocycles. The van der Waals surface area contributed by atoms with Crippen molar-refractivity contribution in [3.8, 4) is 12.3 Å². The van der Waals surface area contributed by atoms with E-state index in [1.807, 2.05) is 19.1 Å². The standard InChI is InChI=1S/C51H62N2O/c1-13-19-24-42(31-37(9)16-4)46(30-36(7)8)50-35-43(32-38(10)17-5)49(52(50)44-28-26-39(11)27-29-44)34-41-23-20-25-45(33-41)53-47(18-6)51(22-15-3)54-40(12)48(53)21-14-2/h4,13-15,19-22,24-33,37,41H,1,17-18,23,34-35H2,2-3,5-12H3/b21-14-,22-15-,24-19-,38-32-,42-31+,50-46-. The predicted octanol–water partition coefficient (Wildman–Crippen LogP) is 14.2. The molecule has 1 aliphatic carbocycles. The molecule has 0 fully saturated rings. The van der Waals surface area contributed by atoms with E-state index >= 15 is 0 Å². The van der Waals surface area contributed by atoms with E-state index in [0.29, 0.717) is 0 Å². The van der Waals surface area contributed by atoms with Crippen molar-refractivity contribution in [2.24, 2.45) is 11.8 Å². The number of allylic oxidation sites excluding steroid dienone is 21. The number of aryl methyl sites for hydroxylation is 1. The molecule has 0 N–H and O–H groups in total. The normalized spacial score (nSPS) is 20.0. The lowest BCUT2D eigenvalue weighted by atomic mass is 9.91. The number of anilines is 1. The van der Waals surface area contributed by atoms with Crippen LogP contribution in [0, 0.1) is 31.1 Å². The lowest BCUT2D eigenvalue weighted by molar-refractivity contribution is 0.262. The van der Waals surface area contributed by atoms with E-state index in [9.17, 15) is 0 Å². The van der Waals surface area contributed by atoms with E-state index in [1.54, 1.807) is 0 Å². The van der Waals surface area contributed by atoms with Crippen LogP contribution in [0.25, 0.3) is 0 Å². The molecule has 282 valence electrons. The topological polar surface area (TPSA) is 15.7 Å². The van der Waals surface area contributed by atoms with Crippen LogP contribution in [-0.2, 0) is 4.74 Å². The van der Waals surface area contributed by atoms with Crippen molar-refractivity contribution < 1.29 is 4.74 Å². The summed E-state index contributed by atoms with van der Waals surface area (Å²) in [6.07, 6.45) is 39.0. The summed E-state index contributed by atoms with van der Waals surface area (Å²) >= 11 is 0. The molecule has 0 spiro atoms. The van der Waals surface area contributed by atoms with E-state index < -0.39 is 0 Å². The van der Waals surface area contributed by atoms with Crippen LogP contribution in [0.5, 0.6) is 0 Å². The van der Waals surface area contributed by atoms with Gasteiger partial charge in [0.1, 0.15) is 11.5 Å². The first-order chi connectivity index (χ1) is 26.0. The summed E-state index contributed by atoms with van der Waals surface area (Å²) in [7, 11) is 0. The Kier molecular flexibility index (Phi) is 15.2. The fourth-order valence-electron chi connectivity index (χ4n) is 7.21. The second-order valence-corrected chi connectivity index (χ2v) is 14.7. The highest BCUT2D eigenvalue weighted by atomic mass is 16.5. The zero-order chi connectivity index (χ0) is 39.4. The quantitative estimate of drug-likeness (QED) is 0.141. The zero-order valence-electron chi connectivity index (χ0n) is 34.6. The van der Waals surface area contributed by atoms with Gasteiger partial charge >= 0.3 is 0 Å². The Labute approximate surface area is 328 Å². The van der Waals surface area contributed by atoms with Gasteiger partial charge in [0.05, 0.1) is 11.4 Å². The van der Waals surface area contributed by atoms with Crippen LogP contribution in [0.15, 0.2) is 178 Å². The van der Waals surface area contributed by atoms with Gasteiger partial charge in [0.2, 0.25) is 0 Å². The zero-order valence-corrected chi connectivity index (χ0v) is 34.6.